The molecule has 0 amide bonds. The minimum absolute atomic E-state index is 0.00263. The lowest BCUT2D eigenvalue weighted by Crippen LogP contribution is -2.14. The van der Waals surface area contributed by atoms with E-state index in [0.717, 1.165) is 16.9 Å². The Morgan fingerprint density at radius 3 is 2.38 bits per heavy atom. The van der Waals surface area contributed by atoms with Gasteiger partial charge in [-0.2, -0.15) is 0 Å². The van der Waals surface area contributed by atoms with Crippen molar-refractivity contribution in [2.75, 3.05) is 0 Å². The third-order valence-corrected chi connectivity index (χ3v) is 2.63. The van der Waals surface area contributed by atoms with Gasteiger partial charge in [0.25, 0.3) is 0 Å². The number of hydrogen-bond donors (Lipinski definition) is 0. The van der Waals surface area contributed by atoms with Crippen LogP contribution in [0.4, 0.5) is 0 Å². The second kappa shape index (κ2) is 3.54. The summed E-state index contributed by atoms with van der Waals surface area (Å²) >= 11 is 0. The van der Waals surface area contributed by atoms with Crippen molar-refractivity contribution in [3.63, 3.8) is 0 Å². The predicted molar refractivity (Wildman–Crippen MR) is 64.4 cm³/mol. The predicted octanol–water partition coefficient (Wildman–Crippen LogP) is 2.70. The minimum atomic E-state index is -0.00263. The van der Waals surface area contributed by atoms with E-state index in [9.17, 15) is 0 Å². The second-order valence-electron chi connectivity index (χ2n) is 5.39. The minimum Gasteiger partial charge on any atom is -0.313 e. The highest BCUT2D eigenvalue weighted by molar-refractivity contribution is 5.74. The molecule has 0 bridgehead atoms. The molecule has 4 heteroatoms. The van der Waals surface area contributed by atoms with Gasteiger partial charge in [0.2, 0.25) is 0 Å². The Hall–Kier alpha value is -1.45. The van der Waals surface area contributed by atoms with Crippen molar-refractivity contribution in [1.29, 1.82) is 0 Å². The Bertz CT molecular complexity index is 505. The lowest BCUT2D eigenvalue weighted by Gasteiger charge is -2.17. The fourth-order valence-electron chi connectivity index (χ4n) is 1.78. The largest absolute Gasteiger partial charge is 0.313 e. The average Bonchev–Trinajstić information content (AvgIpc) is 2.58. The Morgan fingerprint density at radius 1 is 1.12 bits per heavy atom. The molecule has 86 valence electrons. The fraction of sp³-hybridized carbons (Fsp3) is 0.583. The molecule has 0 radical (unpaired) electrons. The maximum absolute atomic E-state index is 4.44. The van der Waals surface area contributed by atoms with Gasteiger partial charge in [-0.05, 0) is 13.8 Å². The second-order valence-corrected chi connectivity index (χ2v) is 5.39. The number of fused-ring (bicyclic) bond motifs is 1. The molecule has 16 heavy (non-hydrogen) atoms. The number of rotatable bonds is 1. The highest BCUT2D eigenvalue weighted by Gasteiger charge is 2.21. The number of imidazole rings is 1. The van der Waals surface area contributed by atoms with E-state index in [1.165, 1.54) is 0 Å². The average molecular weight is 218 g/mol. The van der Waals surface area contributed by atoms with Gasteiger partial charge in [0.15, 0.2) is 5.65 Å². The Morgan fingerprint density at radius 2 is 1.81 bits per heavy atom. The molecule has 0 aromatic carbocycles. The van der Waals surface area contributed by atoms with Crippen molar-refractivity contribution in [2.45, 2.75) is 46.1 Å². The van der Waals surface area contributed by atoms with Crippen LogP contribution in [0.2, 0.25) is 0 Å². The van der Waals surface area contributed by atoms with E-state index in [-0.39, 0.29) is 5.41 Å². The van der Waals surface area contributed by atoms with Crippen LogP contribution in [0.3, 0.4) is 0 Å². The lowest BCUT2D eigenvalue weighted by molar-refractivity contribution is 0.571. The highest BCUT2D eigenvalue weighted by atomic mass is 15.1. The van der Waals surface area contributed by atoms with Gasteiger partial charge in [0.1, 0.15) is 11.8 Å². The van der Waals surface area contributed by atoms with Gasteiger partial charge in [-0.15, -0.1) is 0 Å². The van der Waals surface area contributed by atoms with Crippen LogP contribution in [0.25, 0.3) is 11.2 Å². The third-order valence-electron chi connectivity index (χ3n) is 2.63. The summed E-state index contributed by atoms with van der Waals surface area (Å²) in [6, 6.07) is 0.368. The molecule has 0 saturated carbocycles. The summed E-state index contributed by atoms with van der Waals surface area (Å²) in [4.78, 5) is 13.1. The van der Waals surface area contributed by atoms with Crippen LogP contribution in [-0.4, -0.2) is 19.5 Å². The van der Waals surface area contributed by atoms with E-state index < -0.39 is 0 Å². The molecule has 0 unspecified atom stereocenters. The third kappa shape index (κ3) is 1.68. The Kier molecular flexibility index (Phi) is 2.45. The summed E-state index contributed by atoms with van der Waals surface area (Å²) < 4.78 is 2.08. The molecule has 2 aromatic rings. The van der Waals surface area contributed by atoms with E-state index >= 15 is 0 Å². The SMILES string of the molecule is CC(C)n1cnc2c(C(C)(C)C)ncnc21. The zero-order chi connectivity index (χ0) is 11.9. The van der Waals surface area contributed by atoms with Gasteiger partial charge in [0.05, 0.1) is 12.0 Å². The van der Waals surface area contributed by atoms with E-state index in [0.29, 0.717) is 6.04 Å². The number of nitrogens with zero attached hydrogens (tertiary/aromatic N) is 4. The zero-order valence-corrected chi connectivity index (χ0v) is 10.5. The van der Waals surface area contributed by atoms with Crippen LogP contribution in [0.5, 0.6) is 0 Å². The monoisotopic (exact) mass is 218 g/mol. The van der Waals surface area contributed by atoms with Crippen LogP contribution in [0.15, 0.2) is 12.7 Å². The molecule has 2 rings (SSSR count). The summed E-state index contributed by atoms with van der Waals surface area (Å²) in [5, 5.41) is 0. The topological polar surface area (TPSA) is 43.6 Å². The molecule has 0 aliphatic rings. The molecule has 2 heterocycles. The van der Waals surface area contributed by atoms with E-state index in [1.54, 1.807) is 6.33 Å². The lowest BCUT2D eigenvalue weighted by atomic mass is 9.91. The normalized spacial score (nSPS) is 12.6. The van der Waals surface area contributed by atoms with Crippen LogP contribution in [-0.2, 0) is 5.41 Å². The van der Waals surface area contributed by atoms with Gasteiger partial charge in [-0.3, -0.25) is 0 Å². The van der Waals surface area contributed by atoms with Crippen LogP contribution >= 0.6 is 0 Å². The van der Waals surface area contributed by atoms with E-state index in [1.807, 2.05) is 6.33 Å². The molecule has 0 aliphatic heterocycles. The molecule has 0 aliphatic carbocycles. The smallest absolute Gasteiger partial charge is 0.163 e. The number of hydrogen-bond acceptors (Lipinski definition) is 3. The van der Waals surface area contributed by atoms with Crippen molar-refractivity contribution < 1.29 is 0 Å². The zero-order valence-electron chi connectivity index (χ0n) is 10.5. The maximum Gasteiger partial charge on any atom is 0.163 e. The van der Waals surface area contributed by atoms with Crippen LogP contribution in [0, 0.1) is 0 Å². The highest BCUT2D eigenvalue weighted by Crippen LogP contribution is 2.26. The van der Waals surface area contributed by atoms with Gasteiger partial charge in [-0.1, -0.05) is 20.8 Å². The summed E-state index contributed by atoms with van der Waals surface area (Å²) in [6.45, 7) is 10.7. The molecular weight excluding hydrogens is 200 g/mol. The first-order valence-electron chi connectivity index (χ1n) is 5.59. The molecule has 0 saturated heterocycles. The molecule has 0 fully saturated rings. The first-order valence-corrected chi connectivity index (χ1v) is 5.59. The van der Waals surface area contributed by atoms with Crippen molar-refractivity contribution in [1.82, 2.24) is 19.5 Å². The molecule has 2 aromatic heterocycles. The van der Waals surface area contributed by atoms with E-state index in [4.69, 9.17) is 0 Å². The summed E-state index contributed by atoms with van der Waals surface area (Å²) in [5.74, 6) is 0. The first-order chi connectivity index (χ1) is 7.41. The Balaban J connectivity index is 2.72. The fourth-order valence-corrected chi connectivity index (χ4v) is 1.78. The van der Waals surface area contributed by atoms with Gasteiger partial charge >= 0.3 is 0 Å². The van der Waals surface area contributed by atoms with Gasteiger partial charge in [-0.25, -0.2) is 15.0 Å². The van der Waals surface area contributed by atoms with Crippen LogP contribution < -0.4 is 0 Å². The maximum atomic E-state index is 4.44. The number of aromatic nitrogens is 4. The quantitative estimate of drug-likeness (QED) is 0.739. The van der Waals surface area contributed by atoms with Crippen molar-refractivity contribution >= 4 is 11.2 Å². The summed E-state index contributed by atoms with van der Waals surface area (Å²) in [6.07, 6.45) is 3.47. The molecule has 0 atom stereocenters. The standard InChI is InChI=1S/C12H18N4/c1-8(2)16-7-15-9-10(12(3,4)5)13-6-14-11(9)16/h6-8H,1-5H3. The molecule has 4 nitrogen and oxygen atoms in total. The molecule has 0 spiro atoms. The first kappa shape index (κ1) is 11.0. The Labute approximate surface area is 95.7 Å². The van der Waals surface area contributed by atoms with Gasteiger partial charge < -0.3 is 4.57 Å². The molecule has 0 N–H and O–H groups in total. The van der Waals surface area contributed by atoms with Crippen LogP contribution in [0.1, 0.15) is 46.4 Å². The van der Waals surface area contributed by atoms with Gasteiger partial charge in [0, 0.05) is 11.5 Å². The molecular formula is C12H18N4. The van der Waals surface area contributed by atoms with Crippen molar-refractivity contribution in [2.24, 2.45) is 0 Å². The van der Waals surface area contributed by atoms with Crippen molar-refractivity contribution in [3.8, 4) is 0 Å². The summed E-state index contributed by atoms with van der Waals surface area (Å²) in [5.41, 5.74) is 2.85. The summed E-state index contributed by atoms with van der Waals surface area (Å²) in [7, 11) is 0. The van der Waals surface area contributed by atoms with E-state index in [2.05, 4.69) is 54.1 Å². The van der Waals surface area contributed by atoms with Crippen molar-refractivity contribution in [3.05, 3.63) is 18.3 Å².